The molecule has 1 amide bonds. The topological polar surface area (TPSA) is 55.8 Å². The lowest BCUT2D eigenvalue weighted by molar-refractivity contribution is -0.192. The summed E-state index contributed by atoms with van der Waals surface area (Å²) in [5, 5.41) is 0. The van der Waals surface area contributed by atoms with E-state index in [-0.39, 0.29) is 13.2 Å². The van der Waals surface area contributed by atoms with E-state index in [2.05, 4.69) is 4.74 Å². The van der Waals surface area contributed by atoms with E-state index in [1.807, 2.05) is 0 Å². The Balaban J connectivity index is 2.03. The third-order valence-corrected chi connectivity index (χ3v) is 3.91. The number of rotatable bonds is 3. The number of hydrogen-bond donors (Lipinski definition) is 0. The van der Waals surface area contributed by atoms with E-state index in [1.54, 1.807) is 30.3 Å². The van der Waals surface area contributed by atoms with Crippen LogP contribution in [0.1, 0.15) is 12.0 Å². The van der Waals surface area contributed by atoms with Gasteiger partial charge in [0.25, 0.3) is 0 Å². The molecule has 1 aliphatic rings. The molecule has 1 saturated heterocycles. The first-order valence-corrected chi connectivity index (χ1v) is 7.41. The Hall–Kier alpha value is -2.25. The Labute approximate surface area is 137 Å². The molecule has 1 fully saturated rings. The van der Waals surface area contributed by atoms with Gasteiger partial charge in [0.05, 0.1) is 18.9 Å². The highest BCUT2D eigenvalue weighted by atomic mass is 19.4. The third kappa shape index (κ3) is 4.62. The number of ether oxygens (including phenoxy) is 2. The number of halogens is 3. The highest BCUT2D eigenvalue weighted by Crippen LogP contribution is 2.36. The third-order valence-electron chi connectivity index (χ3n) is 3.91. The molecular weight excluding hydrogens is 327 g/mol. The Morgan fingerprint density at radius 3 is 2.46 bits per heavy atom. The van der Waals surface area contributed by atoms with Crippen LogP contribution in [0.2, 0.25) is 0 Å². The van der Waals surface area contributed by atoms with Gasteiger partial charge < -0.3 is 14.4 Å². The van der Waals surface area contributed by atoms with Crippen LogP contribution in [0.4, 0.5) is 18.0 Å². The van der Waals surface area contributed by atoms with Crippen LogP contribution in [0.3, 0.4) is 0 Å². The van der Waals surface area contributed by atoms with E-state index in [1.165, 1.54) is 0 Å². The monoisotopic (exact) mass is 345 g/mol. The number of carbonyl (C=O) groups excluding carboxylic acids is 2. The molecule has 2 rings (SSSR count). The van der Waals surface area contributed by atoms with Gasteiger partial charge >= 0.3 is 18.2 Å². The van der Waals surface area contributed by atoms with Crippen molar-refractivity contribution in [3.63, 3.8) is 0 Å². The van der Waals surface area contributed by atoms with Gasteiger partial charge in [-0.1, -0.05) is 30.3 Å². The molecule has 0 saturated carbocycles. The van der Waals surface area contributed by atoms with Crippen molar-refractivity contribution < 1.29 is 32.2 Å². The molecule has 132 valence electrons. The van der Waals surface area contributed by atoms with Gasteiger partial charge in [-0.25, -0.2) is 4.79 Å². The number of alkyl halides is 3. The molecule has 0 aromatic heterocycles. The van der Waals surface area contributed by atoms with Crippen molar-refractivity contribution in [2.24, 2.45) is 11.8 Å². The summed E-state index contributed by atoms with van der Waals surface area (Å²) >= 11 is 0. The fourth-order valence-corrected chi connectivity index (χ4v) is 2.63. The number of methoxy groups -OCH3 is 1. The predicted molar refractivity (Wildman–Crippen MR) is 77.9 cm³/mol. The lowest BCUT2D eigenvalue weighted by Gasteiger charge is -2.36. The summed E-state index contributed by atoms with van der Waals surface area (Å²) < 4.78 is 48.7. The summed E-state index contributed by atoms with van der Waals surface area (Å²) in [4.78, 5) is 24.6. The van der Waals surface area contributed by atoms with Crippen molar-refractivity contribution in [1.29, 1.82) is 0 Å². The lowest BCUT2D eigenvalue weighted by Crippen LogP contribution is -2.50. The number of likely N-dealkylation sites (tertiary alicyclic amines) is 1. The maximum absolute atomic E-state index is 13.0. The molecule has 0 aliphatic carbocycles. The summed E-state index contributed by atoms with van der Waals surface area (Å²) in [6, 6.07) is 8.79. The number of hydrogen-bond acceptors (Lipinski definition) is 4. The number of nitrogens with zero attached hydrogens (tertiary/aromatic N) is 1. The summed E-state index contributed by atoms with van der Waals surface area (Å²) in [7, 11) is 1.11. The summed E-state index contributed by atoms with van der Waals surface area (Å²) in [6.45, 7) is -0.715. The number of amides is 1. The van der Waals surface area contributed by atoms with Gasteiger partial charge in [0.15, 0.2) is 0 Å². The molecule has 2 atom stereocenters. The zero-order chi connectivity index (χ0) is 17.7. The molecule has 5 nitrogen and oxygen atoms in total. The van der Waals surface area contributed by atoms with Crippen LogP contribution in [-0.2, 0) is 20.9 Å². The van der Waals surface area contributed by atoms with E-state index in [9.17, 15) is 22.8 Å². The maximum Gasteiger partial charge on any atom is 0.410 e. The average molecular weight is 345 g/mol. The second-order valence-electron chi connectivity index (χ2n) is 5.64. The minimum atomic E-state index is -4.50. The quantitative estimate of drug-likeness (QED) is 0.791. The van der Waals surface area contributed by atoms with Crippen molar-refractivity contribution in [3.8, 4) is 0 Å². The smallest absolute Gasteiger partial charge is 0.410 e. The second kappa shape index (κ2) is 7.55. The number of esters is 1. The van der Waals surface area contributed by atoms with E-state index in [0.717, 1.165) is 17.6 Å². The Bertz CT molecular complexity index is 576. The van der Waals surface area contributed by atoms with Crippen LogP contribution in [0.25, 0.3) is 0 Å². The van der Waals surface area contributed by atoms with Gasteiger partial charge in [0, 0.05) is 13.1 Å². The van der Waals surface area contributed by atoms with Crippen LogP contribution >= 0.6 is 0 Å². The molecule has 0 spiro atoms. The standard InChI is InChI=1S/C16H18F3NO4/c1-23-14(21)12-7-13(16(17,18)19)9-20(8-12)15(22)24-10-11-5-3-2-4-6-11/h2-6,12-13H,7-10H2,1H3/t12-,13+/m0/s1. The Kier molecular flexibility index (Phi) is 5.69. The van der Waals surface area contributed by atoms with Crippen LogP contribution in [0, 0.1) is 11.8 Å². The molecule has 0 N–H and O–H groups in total. The van der Waals surface area contributed by atoms with Gasteiger partial charge in [0.1, 0.15) is 6.61 Å². The van der Waals surface area contributed by atoms with Crippen molar-refractivity contribution in [3.05, 3.63) is 35.9 Å². The first-order valence-electron chi connectivity index (χ1n) is 7.41. The number of benzene rings is 1. The van der Waals surface area contributed by atoms with E-state index >= 15 is 0 Å². The molecule has 1 aliphatic heterocycles. The highest BCUT2D eigenvalue weighted by molar-refractivity contribution is 5.74. The van der Waals surface area contributed by atoms with Gasteiger partial charge in [0.2, 0.25) is 0 Å². The predicted octanol–water partition coefficient (Wildman–Crippen LogP) is 3.00. The molecule has 0 radical (unpaired) electrons. The van der Waals surface area contributed by atoms with E-state index in [4.69, 9.17) is 4.74 Å². The maximum atomic E-state index is 13.0. The van der Waals surface area contributed by atoms with Crippen molar-refractivity contribution in [1.82, 2.24) is 4.90 Å². The van der Waals surface area contributed by atoms with Crippen LogP contribution in [0.15, 0.2) is 30.3 Å². The summed E-state index contributed by atoms with van der Waals surface area (Å²) in [5.41, 5.74) is 0.722. The number of carbonyl (C=O) groups is 2. The molecule has 8 heteroatoms. The molecule has 1 aromatic carbocycles. The van der Waals surface area contributed by atoms with E-state index in [0.29, 0.717) is 0 Å². The summed E-state index contributed by atoms with van der Waals surface area (Å²) in [5.74, 6) is -3.55. The Morgan fingerprint density at radius 2 is 1.88 bits per heavy atom. The second-order valence-corrected chi connectivity index (χ2v) is 5.64. The SMILES string of the molecule is COC(=O)[C@H]1C[C@@H](C(F)(F)F)CN(C(=O)OCc2ccccc2)C1. The fourth-order valence-electron chi connectivity index (χ4n) is 2.63. The molecule has 1 heterocycles. The van der Waals surface area contributed by atoms with Gasteiger partial charge in [-0.15, -0.1) is 0 Å². The normalized spacial score (nSPS) is 21.2. The van der Waals surface area contributed by atoms with Gasteiger partial charge in [-0.2, -0.15) is 13.2 Å². The zero-order valence-electron chi connectivity index (χ0n) is 13.1. The minimum Gasteiger partial charge on any atom is -0.469 e. The van der Waals surface area contributed by atoms with Crippen LogP contribution in [0.5, 0.6) is 0 Å². The molecular formula is C16H18F3NO4. The largest absolute Gasteiger partial charge is 0.469 e. The minimum absolute atomic E-state index is 0.0459. The first kappa shape index (κ1) is 18.1. The molecule has 0 bridgehead atoms. The molecule has 24 heavy (non-hydrogen) atoms. The molecule has 0 unspecified atom stereocenters. The molecule has 1 aromatic rings. The van der Waals surface area contributed by atoms with Crippen molar-refractivity contribution >= 4 is 12.1 Å². The fraction of sp³-hybridized carbons (Fsp3) is 0.500. The van der Waals surface area contributed by atoms with Gasteiger partial charge in [-0.05, 0) is 12.0 Å². The van der Waals surface area contributed by atoms with Crippen LogP contribution in [-0.4, -0.2) is 43.3 Å². The van der Waals surface area contributed by atoms with Crippen molar-refractivity contribution in [2.75, 3.05) is 20.2 Å². The number of piperidine rings is 1. The van der Waals surface area contributed by atoms with E-state index < -0.39 is 43.0 Å². The zero-order valence-corrected chi connectivity index (χ0v) is 13.1. The average Bonchev–Trinajstić information content (AvgIpc) is 2.58. The highest BCUT2D eigenvalue weighted by Gasteiger charge is 2.47. The lowest BCUT2D eigenvalue weighted by atomic mass is 9.89. The summed E-state index contributed by atoms with van der Waals surface area (Å²) in [6.07, 6.45) is -5.76. The first-order chi connectivity index (χ1) is 11.3. The van der Waals surface area contributed by atoms with Crippen LogP contribution < -0.4 is 0 Å². The van der Waals surface area contributed by atoms with Crippen molar-refractivity contribution in [2.45, 2.75) is 19.2 Å². The van der Waals surface area contributed by atoms with Gasteiger partial charge in [-0.3, -0.25) is 4.79 Å². The Morgan fingerprint density at radius 1 is 1.21 bits per heavy atom.